The van der Waals surface area contributed by atoms with Gasteiger partial charge < -0.3 is 10.2 Å². The number of thiophene rings is 1. The third-order valence-corrected chi connectivity index (χ3v) is 7.30. The molecule has 3 rings (SSSR count). The summed E-state index contributed by atoms with van der Waals surface area (Å²) in [4.78, 5) is 32.6. The number of aliphatic imine (C=N–C) groups is 1. The van der Waals surface area contributed by atoms with Crippen LogP contribution < -0.4 is 5.32 Å². The molecule has 1 N–H and O–H groups in total. The van der Waals surface area contributed by atoms with Crippen molar-refractivity contribution in [1.82, 2.24) is 4.90 Å². The number of anilines is 1. The van der Waals surface area contributed by atoms with Crippen LogP contribution in [0.25, 0.3) is 0 Å². The third-order valence-electron chi connectivity index (χ3n) is 6.17. The smallest absolute Gasteiger partial charge is 0.228 e. The molecule has 0 unspecified atom stereocenters. The van der Waals surface area contributed by atoms with Crippen LogP contribution in [0.3, 0.4) is 0 Å². The summed E-state index contributed by atoms with van der Waals surface area (Å²) < 4.78 is 0. The van der Waals surface area contributed by atoms with Crippen LogP contribution in [0.15, 0.2) is 41.1 Å². The summed E-state index contributed by atoms with van der Waals surface area (Å²) in [7, 11) is 0. The highest BCUT2D eigenvalue weighted by atomic mass is 32.1. The summed E-state index contributed by atoms with van der Waals surface area (Å²) in [6.07, 6.45) is 12.6. The minimum absolute atomic E-state index is 0.0683. The van der Waals surface area contributed by atoms with E-state index in [-0.39, 0.29) is 11.8 Å². The maximum absolute atomic E-state index is 12.8. The van der Waals surface area contributed by atoms with Gasteiger partial charge >= 0.3 is 0 Å². The lowest BCUT2D eigenvalue weighted by Gasteiger charge is -2.27. The summed E-state index contributed by atoms with van der Waals surface area (Å²) in [5, 5.41) is 13.3. The maximum Gasteiger partial charge on any atom is 0.228 e. The molecule has 0 atom stereocenters. The highest BCUT2D eigenvalue weighted by Gasteiger charge is 2.28. The predicted octanol–water partition coefficient (Wildman–Crippen LogP) is 6.05. The Balaban J connectivity index is 1.61. The normalized spacial score (nSPS) is 15.4. The lowest BCUT2D eigenvalue weighted by atomic mass is 9.97. The number of rotatable bonds is 10. The first kappa shape index (κ1) is 25.6. The van der Waals surface area contributed by atoms with Gasteiger partial charge in [-0.1, -0.05) is 44.6 Å². The van der Waals surface area contributed by atoms with E-state index in [0.717, 1.165) is 53.8 Å². The number of hydrogen-bond acceptors (Lipinski definition) is 5. The lowest BCUT2D eigenvalue weighted by molar-refractivity contribution is -0.130. The van der Waals surface area contributed by atoms with Crippen LogP contribution in [-0.4, -0.2) is 29.0 Å². The topological polar surface area (TPSA) is 85.6 Å². The summed E-state index contributed by atoms with van der Waals surface area (Å²) in [6.45, 7) is 9.48. The van der Waals surface area contributed by atoms with E-state index >= 15 is 0 Å². The van der Waals surface area contributed by atoms with Crippen LogP contribution in [-0.2, 0) is 22.6 Å². The molecular formula is C27H34N4O2S. The van der Waals surface area contributed by atoms with Crippen molar-refractivity contribution in [2.24, 2.45) is 4.99 Å². The van der Waals surface area contributed by atoms with E-state index in [1.165, 1.54) is 16.9 Å². The van der Waals surface area contributed by atoms with Crippen LogP contribution in [0.5, 0.6) is 0 Å². The Kier molecular flexibility index (Phi) is 9.41. The van der Waals surface area contributed by atoms with Gasteiger partial charge in [-0.3, -0.25) is 14.6 Å². The Morgan fingerprint density at radius 2 is 2.12 bits per heavy atom. The highest BCUT2D eigenvalue weighted by molar-refractivity contribution is 7.16. The minimum Gasteiger partial charge on any atom is -0.337 e. The molecule has 1 aromatic rings. The zero-order valence-corrected chi connectivity index (χ0v) is 21.1. The SMILES string of the molecule is C=C(CCC(=O)Nc1sc2c(c1C#N)CCN(C(=O)CC1=NC=CCC1)C2)/C(=C\CC)CCC. The lowest BCUT2D eigenvalue weighted by Crippen LogP contribution is -2.36. The molecule has 0 saturated heterocycles. The number of nitriles is 1. The molecule has 6 nitrogen and oxygen atoms in total. The first-order chi connectivity index (χ1) is 16.5. The molecule has 2 aliphatic rings. The van der Waals surface area contributed by atoms with E-state index in [4.69, 9.17) is 0 Å². The van der Waals surface area contributed by atoms with E-state index < -0.39 is 0 Å². The van der Waals surface area contributed by atoms with Gasteiger partial charge in [-0.25, -0.2) is 0 Å². The van der Waals surface area contributed by atoms with Crippen molar-refractivity contribution in [2.45, 2.75) is 78.2 Å². The number of amides is 2. The fourth-order valence-corrected chi connectivity index (χ4v) is 5.57. The van der Waals surface area contributed by atoms with E-state index in [2.05, 4.69) is 42.9 Å². The molecular weight excluding hydrogens is 444 g/mol. The van der Waals surface area contributed by atoms with Crippen molar-refractivity contribution in [3.05, 3.63) is 52.1 Å². The molecule has 0 spiro atoms. The second-order valence-electron chi connectivity index (χ2n) is 8.72. The van der Waals surface area contributed by atoms with Gasteiger partial charge in [0.1, 0.15) is 11.1 Å². The molecule has 0 bridgehead atoms. The second-order valence-corrected chi connectivity index (χ2v) is 9.83. The van der Waals surface area contributed by atoms with E-state index in [9.17, 15) is 14.9 Å². The molecule has 0 saturated carbocycles. The van der Waals surface area contributed by atoms with Crippen molar-refractivity contribution in [2.75, 3.05) is 11.9 Å². The Bertz CT molecular complexity index is 1070. The van der Waals surface area contributed by atoms with E-state index in [0.29, 0.717) is 49.3 Å². The molecule has 1 aromatic heterocycles. The second kappa shape index (κ2) is 12.5. The molecule has 2 aliphatic heterocycles. The van der Waals surface area contributed by atoms with Crippen LogP contribution in [0.2, 0.25) is 0 Å². The molecule has 0 aromatic carbocycles. The zero-order valence-electron chi connectivity index (χ0n) is 20.3. The Morgan fingerprint density at radius 1 is 1.29 bits per heavy atom. The number of fused-ring (bicyclic) bond motifs is 1. The molecule has 0 aliphatic carbocycles. The highest BCUT2D eigenvalue weighted by Crippen LogP contribution is 2.37. The zero-order chi connectivity index (χ0) is 24.5. The maximum atomic E-state index is 12.8. The van der Waals surface area contributed by atoms with Gasteiger partial charge in [-0.05, 0) is 49.7 Å². The fraction of sp³-hybridized carbons (Fsp3) is 0.481. The van der Waals surface area contributed by atoms with Gasteiger partial charge in [-0.15, -0.1) is 11.3 Å². The Morgan fingerprint density at radius 3 is 2.79 bits per heavy atom. The van der Waals surface area contributed by atoms with Crippen molar-refractivity contribution >= 4 is 33.9 Å². The Labute approximate surface area is 206 Å². The minimum atomic E-state index is -0.111. The number of nitrogens with zero attached hydrogens (tertiary/aromatic N) is 3. The first-order valence-corrected chi connectivity index (χ1v) is 13.0. The van der Waals surface area contributed by atoms with Crippen LogP contribution in [0, 0.1) is 11.3 Å². The quantitative estimate of drug-likeness (QED) is 0.415. The third kappa shape index (κ3) is 6.54. The fourth-order valence-electron chi connectivity index (χ4n) is 4.34. The first-order valence-electron chi connectivity index (χ1n) is 12.2. The largest absolute Gasteiger partial charge is 0.337 e. The standard InChI is InChI=1S/C27H34N4O2S/c1-4-8-20(9-5-2)19(3)11-12-25(32)30-27-23(17-28)22-13-15-31(18-24(22)34-27)26(33)16-21-10-6-7-14-29-21/h7-8,14H,3-6,9-13,15-16,18H2,1-2H3,(H,30,32)/b20-8-. The number of carbonyl (C=O) groups excluding carboxylic acids is 2. The van der Waals surface area contributed by atoms with Crippen LogP contribution in [0.4, 0.5) is 5.00 Å². The molecule has 0 radical (unpaired) electrons. The number of carbonyl (C=O) groups is 2. The average Bonchev–Trinajstić information content (AvgIpc) is 3.18. The van der Waals surface area contributed by atoms with Gasteiger partial charge in [-0.2, -0.15) is 5.26 Å². The molecule has 3 heterocycles. The Hall–Kier alpha value is -2.98. The van der Waals surface area contributed by atoms with Crippen molar-refractivity contribution < 1.29 is 9.59 Å². The van der Waals surface area contributed by atoms with Crippen molar-refractivity contribution in [3.8, 4) is 6.07 Å². The molecule has 7 heteroatoms. The summed E-state index contributed by atoms with van der Waals surface area (Å²) >= 11 is 1.42. The monoisotopic (exact) mass is 478 g/mol. The van der Waals surface area contributed by atoms with Crippen LogP contribution in [0.1, 0.15) is 81.2 Å². The van der Waals surface area contributed by atoms with Gasteiger partial charge in [0.25, 0.3) is 0 Å². The predicted molar refractivity (Wildman–Crippen MR) is 139 cm³/mol. The summed E-state index contributed by atoms with van der Waals surface area (Å²) in [5.74, 6) is -0.0429. The van der Waals surface area contributed by atoms with Gasteiger partial charge in [0.05, 0.1) is 18.5 Å². The van der Waals surface area contributed by atoms with Crippen LogP contribution >= 0.6 is 11.3 Å². The average molecular weight is 479 g/mol. The molecule has 180 valence electrons. The molecule has 2 amide bonds. The molecule has 0 fully saturated rings. The van der Waals surface area contributed by atoms with E-state index in [1.807, 2.05) is 11.0 Å². The molecule has 34 heavy (non-hydrogen) atoms. The van der Waals surface area contributed by atoms with Gasteiger partial charge in [0.15, 0.2) is 0 Å². The summed E-state index contributed by atoms with van der Waals surface area (Å²) in [5.41, 5.74) is 4.68. The number of nitrogens with one attached hydrogen (secondary N) is 1. The summed E-state index contributed by atoms with van der Waals surface area (Å²) in [6, 6.07) is 2.27. The van der Waals surface area contributed by atoms with Gasteiger partial charge in [0, 0.05) is 29.8 Å². The number of allylic oxidation sites excluding steroid dienone is 4. The van der Waals surface area contributed by atoms with Crippen molar-refractivity contribution in [1.29, 1.82) is 5.26 Å². The van der Waals surface area contributed by atoms with Gasteiger partial charge in [0.2, 0.25) is 11.8 Å². The number of hydrogen-bond donors (Lipinski definition) is 1. The van der Waals surface area contributed by atoms with E-state index in [1.54, 1.807) is 6.20 Å². The van der Waals surface area contributed by atoms with Crippen molar-refractivity contribution in [3.63, 3.8) is 0 Å².